The van der Waals surface area contributed by atoms with Crippen LogP contribution in [0.15, 0.2) is 72.4 Å². The van der Waals surface area contributed by atoms with Gasteiger partial charge in [-0.3, -0.25) is 4.99 Å². The van der Waals surface area contributed by atoms with Crippen molar-refractivity contribution in [1.29, 1.82) is 0 Å². The minimum atomic E-state index is 0.527. The SMILES string of the molecule is C=CC=CC(=C)N(C)C(=NCC(C)C)c1ccccc1. The Labute approximate surface area is 122 Å². The van der Waals surface area contributed by atoms with E-state index >= 15 is 0 Å². The van der Waals surface area contributed by atoms with E-state index in [9.17, 15) is 0 Å². The number of aliphatic imine (C=N–C) groups is 1. The van der Waals surface area contributed by atoms with Crippen molar-refractivity contribution in [2.45, 2.75) is 13.8 Å². The molecule has 0 atom stereocenters. The van der Waals surface area contributed by atoms with E-state index in [1.54, 1.807) is 6.08 Å². The van der Waals surface area contributed by atoms with E-state index in [4.69, 9.17) is 4.99 Å². The number of hydrogen-bond acceptors (Lipinski definition) is 1. The largest absolute Gasteiger partial charge is 0.330 e. The van der Waals surface area contributed by atoms with Crippen molar-refractivity contribution in [3.8, 4) is 0 Å². The number of hydrogen-bond donors (Lipinski definition) is 0. The molecule has 0 aliphatic carbocycles. The zero-order valence-electron chi connectivity index (χ0n) is 12.7. The molecule has 0 N–H and O–H groups in total. The Morgan fingerprint density at radius 2 is 1.95 bits per heavy atom. The molecule has 1 aromatic rings. The van der Waals surface area contributed by atoms with Crippen molar-refractivity contribution < 1.29 is 0 Å². The highest BCUT2D eigenvalue weighted by molar-refractivity contribution is 5.99. The number of likely N-dealkylation sites (N-methyl/N-ethyl adjacent to an activating group) is 1. The van der Waals surface area contributed by atoms with Gasteiger partial charge < -0.3 is 4.90 Å². The second-order valence-electron chi connectivity index (χ2n) is 5.07. The lowest BCUT2D eigenvalue weighted by Gasteiger charge is -2.22. The van der Waals surface area contributed by atoms with Crippen LogP contribution in [0.5, 0.6) is 0 Å². The summed E-state index contributed by atoms with van der Waals surface area (Å²) in [5.74, 6) is 1.47. The molecular weight excluding hydrogens is 244 g/mol. The molecule has 0 fully saturated rings. The first kappa shape index (κ1) is 16.0. The Kier molecular flexibility index (Phi) is 6.51. The van der Waals surface area contributed by atoms with Gasteiger partial charge in [-0.25, -0.2) is 0 Å². The summed E-state index contributed by atoms with van der Waals surface area (Å²) in [6, 6.07) is 10.2. The predicted octanol–water partition coefficient (Wildman–Crippen LogP) is 4.28. The Bertz CT molecular complexity index is 495. The minimum Gasteiger partial charge on any atom is -0.330 e. The maximum atomic E-state index is 4.74. The van der Waals surface area contributed by atoms with E-state index in [0.717, 1.165) is 23.6 Å². The molecular formula is C18H24N2. The minimum absolute atomic E-state index is 0.527. The second kappa shape index (κ2) is 8.16. The number of allylic oxidation sites excluding steroid dienone is 3. The molecule has 0 aromatic heterocycles. The molecule has 0 spiro atoms. The van der Waals surface area contributed by atoms with Crippen LogP contribution in [0.25, 0.3) is 0 Å². The molecule has 0 radical (unpaired) electrons. The van der Waals surface area contributed by atoms with Crippen molar-refractivity contribution in [2.24, 2.45) is 10.9 Å². The van der Waals surface area contributed by atoms with Crippen molar-refractivity contribution >= 4 is 5.84 Å². The smallest absolute Gasteiger partial charge is 0.135 e. The van der Waals surface area contributed by atoms with Crippen LogP contribution in [-0.4, -0.2) is 24.3 Å². The van der Waals surface area contributed by atoms with Crippen LogP contribution in [0.3, 0.4) is 0 Å². The van der Waals surface area contributed by atoms with E-state index < -0.39 is 0 Å². The third-order valence-corrected chi connectivity index (χ3v) is 2.81. The molecule has 1 rings (SSSR count). The summed E-state index contributed by atoms with van der Waals surface area (Å²) in [5.41, 5.74) is 1.99. The third-order valence-electron chi connectivity index (χ3n) is 2.81. The van der Waals surface area contributed by atoms with Crippen molar-refractivity contribution in [3.05, 3.63) is 73.0 Å². The molecule has 2 nitrogen and oxygen atoms in total. The molecule has 0 bridgehead atoms. The number of nitrogens with zero attached hydrogens (tertiary/aromatic N) is 2. The first-order chi connectivity index (χ1) is 9.56. The topological polar surface area (TPSA) is 15.6 Å². The van der Waals surface area contributed by atoms with Crippen LogP contribution >= 0.6 is 0 Å². The monoisotopic (exact) mass is 268 g/mol. The quantitative estimate of drug-likeness (QED) is 0.427. The number of rotatable bonds is 6. The van der Waals surface area contributed by atoms with Gasteiger partial charge in [-0.1, -0.05) is 69.5 Å². The standard InChI is InChI=1S/C18H24N2/c1-6-7-11-16(4)20(5)18(19-14-15(2)3)17-12-9-8-10-13-17/h6-13,15H,1,4,14H2,2-3,5H3. The van der Waals surface area contributed by atoms with Crippen LogP contribution in [0, 0.1) is 5.92 Å². The first-order valence-electron chi connectivity index (χ1n) is 6.88. The van der Waals surface area contributed by atoms with Gasteiger partial charge in [-0.15, -0.1) is 0 Å². The highest BCUT2D eigenvalue weighted by Crippen LogP contribution is 2.11. The van der Waals surface area contributed by atoms with E-state index in [0.29, 0.717) is 5.92 Å². The average molecular weight is 268 g/mol. The Morgan fingerprint density at radius 1 is 1.30 bits per heavy atom. The van der Waals surface area contributed by atoms with Crippen LogP contribution in [0.4, 0.5) is 0 Å². The van der Waals surface area contributed by atoms with Gasteiger partial charge in [-0.05, 0) is 12.0 Å². The molecule has 0 saturated carbocycles. The fraction of sp³-hybridized carbons (Fsp3) is 0.278. The molecule has 0 aliphatic rings. The number of amidine groups is 1. The Hall–Kier alpha value is -2.09. The lowest BCUT2D eigenvalue weighted by atomic mass is 10.1. The molecule has 0 aliphatic heterocycles. The molecule has 1 aromatic carbocycles. The lowest BCUT2D eigenvalue weighted by molar-refractivity contribution is 0.620. The van der Waals surface area contributed by atoms with Crippen LogP contribution in [0.2, 0.25) is 0 Å². The fourth-order valence-electron chi connectivity index (χ4n) is 1.67. The summed E-state index contributed by atoms with van der Waals surface area (Å²) in [6.07, 6.45) is 5.55. The summed E-state index contributed by atoms with van der Waals surface area (Å²) < 4.78 is 0. The first-order valence-corrected chi connectivity index (χ1v) is 6.88. The summed E-state index contributed by atoms with van der Waals surface area (Å²) in [5, 5.41) is 0. The molecule has 0 saturated heterocycles. The van der Waals surface area contributed by atoms with Gasteiger partial charge in [-0.2, -0.15) is 0 Å². The maximum Gasteiger partial charge on any atom is 0.135 e. The summed E-state index contributed by atoms with van der Waals surface area (Å²) in [4.78, 5) is 6.76. The van der Waals surface area contributed by atoms with E-state index in [1.807, 2.05) is 42.3 Å². The van der Waals surface area contributed by atoms with E-state index in [1.165, 1.54) is 0 Å². The van der Waals surface area contributed by atoms with Gasteiger partial charge in [0, 0.05) is 24.9 Å². The zero-order valence-corrected chi connectivity index (χ0v) is 12.7. The molecule has 0 unspecified atom stereocenters. The van der Waals surface area contributed by atoms with Gasteiger partial charge in [0.1, 0.15) is 5.84 Å². The second-order valence-corrected chi connectivity index (χ2v) is 5.07. The predicted molar refractivity (Wildman–Crippen MR) is 88.9 cm³/mol. The fourth-order valence-corrected chi connectivity index (χ4v) is 1.67. The zero-order chi connectivity index (χ0) is 15.0. The molecule has 20 heavy (non-hydrogen) atoms. The van der Waals surface area contributed by atoms with Crippen LogP contribution in [-0.2, 0) is 0 Å². The summed E-state index contributed by atoms with van der Waals surface area (Å²) in [6.45, 7) is 12.9. The van der Waals surface area contributed by atoms with Crippen molar-refractivity contribution in [2.75, 3.05) is 13.6 Å². The maximum absolute atomic E-state index is 4.74. The van der Waals surface area contributed by atoms with Crippen LogP contribution in [0.1, 0.15) is 19.4 Å². The average Bonchev–Trinajstić information content (AvgIpc) is 2.45. The summed E-state index contributed by atoms with van der Waals surface area (Å²) >= 11 is 0. The molecule has 106 valence electrons. The van der Waals surface area contributed by atoms with Crippen molar-refractivity contribution in [3.63, 3.8) is 0 Å². The lowest BCUT2D eigenvalue weighted by Crippen LogP contribution is -2.26. The Morgan fingerprint density at radius 3 is 2.50 bits per heavy atom. The molecule has 0 amide bonds. The van der Waals surface area contributed by atoms with Gasteiger partial charge in [0.2, 0.25) is 0 Å². The van der Waals surface area contributed by atoms with Gasteiger partial charge in [0.25, 0.3) is 0 Å². The highest BCUT2D eigenvalue weighted by Gasteiger charge is 2.10. The molecule has 2 heteroatoms. The van der Waals surface area contributed by atoms with Crippen molar-refractivity contribution in [1.82, 2.24) is 4.90 Å². The number of benzene rings is 1. The highest BCUT2D eigenvalue weighted by atomic mass is 15.2. The normalized spacial score (nSPS) is 11.9. The van der Waals surface area contributed by atoms with Gasteiger partial charge >= 0.3 is 0 Å². The van der Waals surface area contributed by atoms with E-state index in [2.05, 4.69) is 39.1 Å². The van der Waals surface area contributed by atoms with Crippen LogP contribution < -0.4 is 0 Å². The third kappa shape index (κ3) is 4.88. The summed E-state index contributed by atoms with van der Waals surface area (Å²) in [7, 11) is 1.99. The van der Waals surface area contributed by atoms with E-state index in [-0.39, 0.29) is 0 Å². The Balaban J connectivity index is 3.05. The van der Waals surface area contributed by atoms with Gasteiger partial charge in [0.15, 0.2) is 0 Å². The molecule has 0 heterocycles. The van der Waals surface area contributed by atoms with Gasteiger partial charge in [0.05, 0.1) is 0 Å².